The summed E-state index contributed by atoms with van der Waals surface area (Å²) in [4.78, 5) is 15.4. The smallest absolute Gasteiger partial charge is 0.265 e. The Hall–Kier alpha value is -0.390. The standard InChI is InChI=1S/C13H16BrNO2S/c14-9-5-8-18-12(9)13(16)15-6-7-17-11-4-2-1-3-10(11)15/h5,8,10-11H,1-4,6-7H2. The van der Waals surface area contributed by atoms with Gasteiger partial charge in [0, 0.05) is 11.0 Å². The third-order valence-electron chi connectivity index (χ3n) is 3.80. The van der Waals surface area contributed by atoms with Gasteiger partial charge in [0.1, 0.15) is 4.88 Å². The molecule has 0 bridgehead atoms. The molecule has 2 heterocycles. The predicted molar refractivity (Wildman–Crippen MR) is 75.1 cm³/mol. The second kappa shape index (κ2) is 5.31. The van der Waals surface area contributed by atoms with E-state index in [2.05, 4.69) is 15.9 Å². The van der Waals surface area contributed by atoms with Gasteiger partial charge in [-0.05, 0) is 40.2 Å². The Morgan fingerprint density at radius 2 is 2.28 bits per heavy atom. The van der Waals surface area contributed by atoms with E-state index in [1.807, 2.05) is 16.3 Å². The summed E-state index contributed by atoms with van der Waals surface area (Å²) in [6, 6.07) is 2.23. The lowest BCUT2D eigenvalue weighted by molar-refractivity contribution is -0.0751. The molecule has 2 aliphatic rings. The minimum atomic E-state index is 0.164. The minimum Gasteiger partial charge on any atom is -0.374 e. The molecule has 3 rings (SSSR count). The van der Waals surface area contributed by atoms with Crippen molar-refractivity contribution in [3.8, 4) is 0 Å². The highest BCUT2D eigenvalue weighted by Crippen LogP contribution is 2.32. The van der Waals surface area contributed by atoms with Crippen LogP contribution in [-0.2, 0) is 4.74 Å². The highest BCUT2D eigenvalue weighted by atomic mass is 79.9. The van der Waals surface area contributed by atoms with Gasteiger partial charge in [-0.3, -0.25) is 4.79 Å². The van der Waals surface area contributed by atoms with E-state index in [0.717, 1.165) is 28.7 Å². The van der Waals surface area contributed by atoms with Gasteiger partial charge in [-0.25, -0.2) is 0 Å². The molecule has 1 aromatic heterocycles. The van der Waals surface area contributed by atoms with Crippen LogP contribution in [0.3, 0.4) is 0 Å². The molecule has 0 N–H and O–H groups in total. The summed E-state index contributed by atoms with van der Waals surface area (Å²) in [5, 5.41) is 1.95. The van der Waals surface area contributed by atoms with Gasteiger partial charge in [-0.15, -0.1) is 11.3 Å². The summed E-state index contributed by atoms with van der Waals surface area (Å²) in [5.74, 6) is 0.164. The maximum absolute atomic E-state index is 12.6. The van der Waals surface area contributed by atoms with Crippen molar-refractivity contribution in [2.24, 2.45) is 0 Å². The maximum Gasteiger partial charge on any atom is 0.265 e. The zero-order valence-corrected chi connectivity index (χ0v) is 12.5. The Balaban J connectivity index is 1.82. The molecule has 2 unspecified atom stereocenters. The van der Waals surface area contributed by atoms with Crippen LogP contribution in [-0.4, -0.2) is 36.1 Å². The van der Waals surface area contributed by atoms with Crippen LogP contribution < -0.4 is 0 Å². The molecule has 0 aromatic carbocycles. The average molecular weight is 330 g/mol. The quantitative estimate of drug-likeness (QED) is 0.791. The third-order valence-corrected chi connectivity index (χ3v) is 5.63. The second-order valence-electron chi connectivity index (χ2n) is 4.86. The van der Waals surface area contributed by atoms with Crippen molar-refractivity contribution in [3.05, 3.63) is 20.8 Å². The van der Waals surface area contributed by atoms with Crippen molar-refractivity contribution in [3.63, 3.8) is 0 Å². The first kappa shape index (κ1) is 12.6. The molecule has 1 saturated carbocycles. The molecule has 0 radical (unpaired) electrons. The number of rotatable bonds is 1. The fourth-order valence-electron chi connectivity index (χ4n) is 2.93. The Bertz CT molecular complexity index is 446. The lowest BCUT2D eigenvalue weighted by atomic mass is 9.90. The number of thiophene rings is 1. The number of carbonyl (C=O) groups is 1. The monoisotopic (exact) mass is 329 g/mol. The van der Waals surface area contributed by atoms with Crippen LogP contribution in [0.5, 0.6) is 0 Å². The summed E-state index contributed by atoms with van der Waals surface area (Å²) < 4.78 is 6.72. The van der Waals surface area contributed by atoms with Crippen LogP contribution in [0.1, 0.15) is 35.4 Å². The molecule has 1 saturated heterocycles. The Labute approximate surface area is 119 Å². The van der Waals surface area contributed by atoms with E-state index in [4.69, 9.17) is 4.74 Å². The summed E-state index contributed by atoms with van der Waals surface area (Å²) in [6.45, 7) is 1.40. The predicted octanol–water partition coefficient (Wildman–Crippen LogP) is 3.29. The van der Waals surface area contributed by atoms with Crippen LogP contribution in [0.25, 0.3) is 0 Å². The van der Waals surface area contributed by atoms with Gasteiger partial charge in [0.15, 0.2) is 0 Å². The highest BCUT2D eigenvalue weighted by Gasteiger charge is 2.37. The summed E-state index contributed by atoms with van der Waals surface area (Å²) in [6.07, 6.45) is 4.88. The number of halogens is 1. The number of amides is 1. The van der Waals surface area contributed by atoms with Crippen LogP contribution in [0.4, 0.5) is 0 Å². The van der Waals surface area contributed by atoms with Gasteiger partial charge in [0.2, 0.25) is 0 Å². The van der Waals surface area contributed by atoms with Gasteiger partial charge >= 0.3 is 0 Å². The van der Waals surface area contributed by atoms with Crippen molar-refractivity contribution in [2.75, 3.05) is 13.2 Å². The van der Waals surface area contributed by atoms with E-state index in [0.29, 0.717) is 6.61 Å². The van der Waals surface area contributed by atoms with Gasteiger partial charge in [0.05, 0.1) is 18.8 Å². The average Bonchev–Trinajstić information content (AvgIpc) is 2.83. The molecule has 5 heteroatoms. The lowest BCUT2D eigenvalue weighted by Gasteiger charge is -2.43. The van der Waals surface area contributed by atoms with E-state index >= 15 is 0 Å². The lowest BCUT2D eigenvalue weighted by Crippen LogP contribution is -2.54. The molecule has 2 atom stereocenters. The first-order chi connectivity index (χ1) is 8.77. The molecule has 18 heavy (non-hydrogen) atoms. The van der Waals surface area contributed by atoms with Crippen LogP contribution in [0.15, 0.2) is 15.9 Å². The maximum atomic E-state index is 12.6. The number of hydrogen-bond acceptors (Lipinski definition) is 3. The topological polar surface area (TPSA) is 29.5 Å². The van der Waals surface area contributed by atoms with Gasteiger partial charge < -0.3 is 9.64 Å². The van der Waals surface area contributed by atoms with E-state index in [9.17, 15) is 4.79 Å². The van der Waals surface area contributed by atoms with Crippen molar-refractivity contribution >= 4 is 33.2 Å². The number of fused-ring (bicyclic) bond motifs is 1. The number of ether oxygens (including phenoxy) is 1. The zero-order chi connectivity index (χ0) is 12.5. The van der Waals surface area contributed by atoms with Crippen LogP contribution >= 0.6 is 27.3 Å². The largest absolute Gasteiger partial charge is 0.374 e. The van der Waals surface area contributed by atoms with Gasteiger partial charge in [-0.1, -0.05) is 12.8 Å². The zero-order valence-electron chi connectivity index (χ0n) is 10.1. The molecule has 0 spiro atoms. The molecule has 1 aliphatic heterocycles. The highest BCUT2D eigenvalue weighted by molar-refractivity contribution is 9.10. The number of hydrogen-bond donors (Lipinski definition) is 0. The Morgan fingerprint density at radius 1 is 1.44 bits per heavy atom. The van der Waals surface area contributed by atoms with Crippen molar-refractivity contribution in [2.45, 2.75) is 37.8 Å². The summed E-state index contributed by atoms with van der Waals surface area (Å²) in [5.41, 5.74) is 0. The summed E-state index contributed by atoms with van der Waals surface area (Å²) in [7, 11) is 0. The number of carbonyl (C=O) groups excluding carboxylic acids is 1. The molecule has 2 fully saturated rings. The third kappa shape index (κ3) is 2.24. The first-order valence-corrected chi connectivity index (χ1v) is 8.10. The van der Waals surface area contributed by atoms with Gasteiger partial charge in [-0.2, -0.15) is 0 Å². The Kier molecular flexibility index (Phi) is 3.73. The molecule has 98 valence electrons. The van der Waals surface area contributed by atoms with Crippen molar-refractivity contribution in [1.29, 1.82) is 0 Å². The molecule has 1 amide bonds. The summed E-state index contributed by atoms with van der Waals surface area (Å²) >= 11 is 4.96. The molecule has 1 aliphatic carbocycles. The fourth-order valence-corrected chi connectivity index (χ4v) is 4.42. The molecular formula is C13H16BrNO2S. The van der Waals surface area contributed by atoms with E-state index in [1.54, 1.807) is 0 Å². The molecular weight excluding hydrogens is 314 g/mol. The van der Waals surface area contributed by atoms with Crippen molar-refractivity contribution < 1.29 is 9.53 Å². The first-order valence-electron chi connectivity index (χ1n) is 6.43. The van der Waals surface area contributed by atoms with Gasteiger partial charge in [0.25, 0.3) is 5.91 Å². The van der Waals surface area contributed by atoms with E-state index < -0.39 is 0 Å². The fraction of sp³-hybridized carbons (Fsp3) is 0.615. The SMILES string of the molecule is O=C(c1sccc1Br)N1CCOC2CCCCC21. The minimum absolute atomic E-state index is 0.164. The second-order valence-corrected chi connectivity index (χ2v) is 6.63. The van der Waals surface area contributed by atoms with E-state index in [1.165, 1.54) is 24.2 Å². The Morgan fingerprint density at radius 3 is 3.06 bits per heavy atom. The van der Waals surface area contributed by atoms with E-state index in [-0.39, 0.29) is 18.1 Å². The number of nitrogens with zero attached hydrogens (tertiary/aromatic N) is 1. The molecule has 3 nitrogen and oxygen atoms in total. The van der Waals surface area contributed by atoms with Crippen LogP contribution in [0, 0.1) is 0 Å². The van der Waals surface area contributed by atoms with Crippen LogP contribution in [0.2, 0.25) is 0 Å². The molecule has 1 aromatic rings. The number of morpholine rings is 1. The normalized spacial score (nSPS) is 27.9. The van der Waals surface area contributed by atoms with Crippen molar-refractivity contribution in [1.82, 2.24) is 4.90 Å².